The Morgan fingerprint density at radius 1 is 0.595 bits per heavy atom. The SMILES string of the molecule is CC(=O)Oc1ccc(I(OC(=O)C(F)(F)F)OI(OC(=O)C(F)(F)F)c2ccc(OC(C)=O)cc2)cc1. The summed E-state index contributed by atoms with van der Waals surface area (Å²) in [6, 6.07) is 8.82. The summed E-state index contributed by atoms with van der Waals surface area (Å²) in [5.41, 5.74) is 0. The minimum absolute atomic E-state index is 0.0332. The summed E-state index contributed by atoms with van der Waals surface area (Å²) in [6.07, 6.45) is -10.9. The Bertz CT molecular complexity index is 1050. The molecule has 0 heterocycles. The molecule has 2 aromatic carbocycles. The van der Waals surface area contributed by atoms with Crippen molar-refractivity contribution in [2.24, 2.45) is 0 Å². The van der Waals surface area contributed by atoms with Crippen molar-refractivity contribution < 1.29 is 62.5 Å². The van der Waals surface area contributed by atoms with Gasteiger partial charge in [-0.3, -0.25) is 0 Å². The van der Waals surface area contributed by atoms with E-state index in [1.165, 1.54) is 0 Å². The molecule has 0 aliphatic rings. The molecule has 0 atom stereocenters. The molecule has 204 valence electrons. The molecule has 9 nitrogen and oxygen atoms in total. The first-order chi connectivity index (χ1) is 17.1. The fourth-order valence-corrected chi connectivity index (χ4v) is 11.7. The van der Waals surface area contributed by atoms with E-state index in [0.717, 1.165) is 62.4 Å². The summed E-state index contributed by atoms with van der Waals surface area (Å²) in [5, 5.41) is 0. The Kier molecular flexibility index (Phi) is 10.5. The molecule has 0 bridgehead atoms. The molecule has 2 rings (SSSR count). The van der Waals surface area contributed by atoms with Crippen molar-refractivity contribution in [1.82, 2.24) is 0 Å². The number of carbonyl (C=O) groups excluding carboxylic acids is 4. The molecular formula is C20H14F6I2O9. The average molecular weight is 766 g/mol. The number of ether oxygens (including phenoxy) is 2. The van der Waals surface area contributed by atoms with Crippen LogP contribution in [0, 0.1) is 7.14 Å². The molecule has 0 saturated carbocycles. The van der Waals surface area contributed by atoms with Crippen molar-refractivity contribution in [2.75, 3.05) is 0 Å². The number of alkyl halides is 6. The van der Waals surface area contributed by atoms with E-state index >= 15 is 0 Å². The summed E-state index contributed by atoms with van der Waals surface area (Å²) in [6.45, 7) is 2.17. The topological polar surface area (TPSA) is 114 Å². The quantitative estimate of drug-likeness (QED) is 0.149. The molecule has 0 amide bonds. The molecule has 0 aliphatic carbocycles. The van der Waals surface area contributed by atoms with Gasteiger partial charge in [-0.1, -0.05) is 0 Å². The van der Waals surface area contributed by atoms with Gasteiger partial charge in [-0.05, 0) is 0 Å². The number of rotatable bonds is 8. The van der Waals surface area contributed by atoms with E-state index in [-0.39, 0.29) is 18.6 Å². The van der Waals surface area contributed by atoms with Crippen LogP contribution in [0.4, 0.5) is 26.3 Å². The van der Waals surface area contributed by atoms with Gasteiger partial charge < -0.3 is 0 Å². The number of benzene rings is 2. The van der Waals surface area contributed by atoms with Crippen LogP contribution in [0.5, 0.6) is 11.5 Å². The zero-order valence-corrected chi connectivity index (χ0v) is 22.6. The van der Waals surface area contributed by atoms with Crippen molar-refractivity contribution in [3.05, 3.63) is 55.7 Å². The molecule has 2 aromatic rings. The maximum absolute atomic E-state index is 12.9. The van der Waals surface area contributed by atoms with Gasteiger partial charge in [0.1, 0.15) is 0 Å². The van der Waals surface area contributed by atoms with Gasteiger partial charge in [-0.15, -0.1) is 0 Å². The van der Waals surface area contributed by atoms with E-state index in [1.54, 1.807) is 0 Å². The zero-order chi connectivity index (χ0) is 28.0. The number of carbonyl (C=O) groups is 4. The van der Waals surface area contributed by atoms with Crippen molar-refractivity contribution in [3.8, 4) is 11.5 Å². The average Bonchev–Trinajstić information content (AvgIpc) is 2.77. The third-order valence-corrected chi connectivity index (χ3v) is 13.1. The van der Waals surface area contributed by atoms with Crippen LogP contribution in [0.15, 0.2) is 48.5 Å². The zero-order valence-electron chi connectivity index (χ0n) is 18.3. The molecule has 0 aliphatic heterocycles. The second-order valence-corrected chi connectivity index (χ2v) is 14.7. The molecule has 0 fully saturated rings. The van der Waals surface area contributed by atoms with Gasteiger partial charge in [0, 0.05) is 0 Å². The standard InChI is InChI=1S/C20H14F6I2O9/c1-11(29)33-15-7-3-13(4-8-15)27(35-17(31)19(21,22)23)37-28(36-18(32)20(24,25)26)14-5-9-16(10-6-14)34-12(2)30/h3-10H,1-2H3. The van der Waals surface area contributed by atoms with E-state index in [9.17, 15) is 45.5 Å². The van der Waals surface area contributed by atoms with Crippen LogP contribution >= 0.6 is 41.3 Å². The second-order valence-electron chi connectivity index (χ2n) is 6.31. The summed E-state index contributed by atoms with van der Waals surface area (Å²) in [5.74, 6) is -6.85. The van der Waals surface area contributed by atoms with Gasteiger partial charge in [0.15, 0.2) is 0 Å². The number of hydrogen-bond acceptors (Lipinski definition) is 9. The van der Waals surface area contributed by atoms with Crippen molar-refractivity contribution in [3.63, 3.8) is 0 Å². The van der Waals surface area contributed by atoms with Gasteiger partial charge in [-0.25, -0.2) is 0 Å². The Morgan fingerprint density at radius 2 is 0.892 bits per heavy atom. The fourth-order valence-electron chi connectivity index (χ4n) is 1.99. The van der Waals surface area contributed by atoms with Gasteiger partial charge in [0.25, 0.3) is 0 Å². The summed E-state index contributed by atoms with van der Waals surface area (Å²) >= 11 is -8.56. The van der Waals surface area contributed by atoms with Crippen molar-refractivity contribution >= 4 is 65.2 Å². The van der Waals surface area contributed by atoms with Crippen LogP contribution < -0.4 is 9.47 Å². The molecule has 0 unspecified atom stereocenters. The van der Waals surface area contributed by atoms with Crippen LogP contribution in [0.1, 0.15) is 13.8 Å². The van der Waals surface area contributed by atoms with E-state index in [1.807, 2.05) is 0 Å². The van der Waals surface area contributed by atoms with Crippen LogP contribution in [0.3, 0.4) is 0 Å². The molecule has 17 heteroatoms. The van der Waals surface area contributed by atoms with E-state index in [0.29, 0.717) is 0 Å². The first-order valence-corrected chi connectivity index (χ1v) is 15.0. The monoisotopic (exact) mass is 766 g/mol. The molecule has 0 saturated heterocycles. The Hall–Kier alpha value is -2.68. The number of halogens is 8. The second kappa shape index (κ2) is 12.7. The molecule has 0 spiro atoms. The van der Waals surface area contributed by atoms with Gasteiger partial charge >= 0.3 is 221 Å². The maximum atomic E-state index is 12.9. The Morgan fingerprint density at radius 3 is 1.14 bits per heavy atom. The van der Waals surface area contributed by atoms with Gasteiger partial charge in [0.05, 0.1) is 0 Å². The normalized spacial score (nSPS) is 12.2. The third kappa shape index (κ3) is 9.95. The molecular weight excluding hydrogens is 752 g/mol. The number of esters is 2. The van der Waals surface area contributed by atoms with Gasteiger partial charge in [0.2, 0.25) is 0 Å². The van der Waals surface area contributed by atoms with E-state index in [4.69, 9.17) is 10.9 Å². The molecule has 0 radical (unpaired) electrons. The van der Waals surface area contributed by atoms with Crippen LogP contribution in [0.25, 0.3) is 0 Å². The van der Waals surface area contributed by atoms with E-state index < -0.39 is 77.5 Å². The summed E-state index contributed by atoms with van der Waals surface area (Å²) in [4.78, 5) is 45.2. The van der Waals surface area contributed by atoms with Crippen molar-refractivity contribution in [2.45, 2.75) is 26.2 Å². The van der Waals surface area contributed by atoms with Crippen LogP contribution in [-0.2, 0) is 26.7 Å². The Labute approximate surface area is 220 Å². The first-order valence-electron chi connectivity index (χ1n) is 9.31. The van der Waals surface area contributed by atoms with Gasteiger partial charge in [-0.2, -0.15) is 0 Å². The van der Waals surface area contributed by atoms with E-state index in [2.05, 4.69) is 6.13 Å². The minimum atomic E-state index is -5.47. The molecule has 37 heavy (non-hydrogen) atoms. The number of hydrogen-bond donors (Lipinski definition) is 0. The first kappa shape index (κ1) is 30.5. The van der Waals surface area contributed by atoms with Crippen LogP contribution in [0.2, 0.25) is 0 Å². The molecule has 0 N–H and O–H groups in total. The third-order valence-electron chi connectivity index (χ3n) is 3.36. The predicted molar refractivity (Wildman–Crippen MR) is 126 cm³/mol. The predicted octanol–water partition coefficient (Wildman–Crippen LogP) is 5.48. The van der Waals surface area contributed by atoms with Crippen LogP contribution in [-0.4, -0.2) is 36.2 Å². The summed E-state index contributed by atoms with van der Waals surface area (Å²) in [7, 11) is 0. The molecule has 0 aromatic heterocycles. The van der Waals surface area contributed by atoms with Crippen molar-refractivity contribution in [1.29, 1.82) is 0 Å². The fraction of sp³-hybridized carbons (Fsp3) is 0.200. The Balaban J connectivity index is 2.46. The summed E-state index contributed by atoms with van der Waals surface area (Å²) < 4.78 is 101.